The lowest BCUT2D eigenvalue weighted by Gasteiger charge is -2.07. The van der Waals surface area contributed by atoms with E-state index in [-0.39, 0.29) is 4.90 Å². The predicted molar refractivity (Wildman–Crippen MR) is 84.4 cm³/mol. The van der Waals surface area contributed by atoms with E-state index in [4.69, 9.17) is 0 Å². The third-order valence-corrected chi connectivity index (χ3v) is 5.57. The highest BCUT2D eigenvalue weighted by atomic mass is 79.9. The van der Waals surface area contributed by atoms with Crippen molar-refractivity contribution in [3.05, 3.63) is 39.3 Å². The number of aromatic nitrogens is 1. The quantitative estimate of drug-likeness (QED) is 0.814. The van der Waals surface area contributed by atoms with Crippen molar-refractivity contribution in [2.75, 3.05) is 11.3 Å². The van der Waals surface area contributed by atoms with Gasteiger partial charge in [-0.1, -0.05) is 6.92 Å². The fraction of sp³-hybridized carbons (Fsp3) is 0.250. The number of halogens is 1. The van der Waals surface area contributed by atoms with Crippen LogP contribution < -0.4 is 10.0 Å². The van der Waals surface area contributed by atoms with Crippen LogP contribution in [0.3, 0.4) is 0 Å². The Morgan fingerprint density at radius 2 is 2.25 bits per heavy atom. The first kappa shape index (κ1) is 15.4. The molecule has 2 heterocycles. The monoisotopic (exact) mass is 375 g/mol. The van der Waals surface area contributed by atoms with Gasteiger partial charge in [-0.05, 0) is 34.6 Å². The van der Waals surface area contributed by atoms with E-state index in [0.29, 0.717) is 16.7 Å². The molecule has 108 valence electrons. The minimum atomic E-state index is -3.57. The zero-order valence-electron chi connectivity index (χ0n) is 10.8. The first-order valence-corrected chi connectivity index (χ1v) is 9.09. The number of hydrogen-bond acceptors (Lipinski definition) is 5. The van der Waals surface area contributed by atoms with Gasteiger partial charge in [-0.15, -0.1) is 11.3 Å². The highest BCUT2D eigenvalue weighted by Crippen LogP contribution is 2.25. The molecular weight excluding hydrogens is 362 g/mol. The molecule has 2 N–H and O–H groups in total. The van der Waals surface area contributed by atoms with Gasteiger partial charge in [-0.2, -0.15) is 0 Å². The number of nitrogens with zero attached hydrogens (tertiary/aromatic N) is 1. The van der Waals surface area contributed by atoms with Crippen molar-refractivity contribution in [3.63, 3.8) is 0 Å². The Morgan fingerprint density at radius 1 is 1.45 bits per heavy atom. The fourth-order valence-electron chi connectivity index (χ4n) is 1.50. The molecule has 0 aliphatic carbocycles. The average molecular weight is 376 g/mol. The van der Waals surface area contributed by atoms with E-state index in [2.05, 4.69) is 31.0 Å². The van der Waals surface area contributed by atoms with E-state index in [0.717, 1.165) is 11.4 Å². The Bertz CT molecular complexity index is 686. The van der Waals surface area contributed by atoms with Crippen molar-refractivity contribution in [2.24, 2.45) is 0 Å². The van der Waals surface area contributed by atoms with Gasteiger partial charge >= 0.3 is 0 Å². The second kappa shape index (κ2) is 6.66. The standard InChI is InChI=1S/C12H14BrN3O2S2/c1-2-14-6-9-5-10(8-19-9)20(17,18)16-12-3-4-15-7-11(12)13/h3-5,7-8,14H,2,6H2,1H3,(H,15,16). The summed E-state index contributed by atoms with van der Waals surface area (Å²) < 4.78 is 27.7. The Kier molecular flexibility index (Phi) is 5.14. The van der Waals surface area contributed by atoms with E-state index in [1.165, 1.54) is 17.5 Å². The minimum Gasteiger partial charge on any atom is -0.312 e. The summed E-state index contributed by atoms with van der Waals surface area (Å²) in [5.41, 5.74) is 0.472. The topological polar surface area (TPSA) is 71.1 Å². The van der Waals surface area contributed by atoms with E-state index < -0.39 is 10.0 Å². The summed E-state index contributed by atoms with van der Waals surface area (Å²) in [6.45, 7) is 3.53. The molecule has 8 heteroatoms. The van der Waals surface area contributed by atoms with Gasteiger partial charge in [0.15, 0.2) is 0 Å². The van der Waals surface area contributed by atoms with Crippen LogP contribution in [0.5, 0.6) is 0 Å². The minimum absolute atomic E-state index is 0.277. The summed E-state index contributed by atoms with van der Waals surface area (Å²) >= 11 is 4.69. The highest BCUT2D eigenvalue weighted by Gasteiger charge is 2.17. The third-order valence-electron chi connectivity index (χ3n) is 2.51. The van der Waals surface area contributed by atoms with Gasteiger partial charge in [0.05, 0.1) is 15.1 Å². The normalized spacial score (nSPS) is 11.5. The molecule has 2 aromatic rings. The molecule has 0 aliphatic rings. The van der Waals surface area contributed by atoms with Crippen LogP contribution in [0.25, 0.3) is 0 Å². The van der Waals surface area contributed by atoms with Crippen LogP contribution in [0.4, 0.5) is 5.69 Å². The van der Waals surface area contributed by atoms with Crippen molar-refractivity contribution in [2.45, 2.75) is 18.4 Å². The lowest BCUT2D eigenvalue weighted by atomic mass is 10.4. The number of sulfonamides is 1. The lowest BCUT2D eigenvalue weighted by molar-refractivity contribution is 0.601. The molecule has 0 saturated heterocycles. The van der Waals surface area contributed by atoms with Crippen LogP contribution in [-0.4, -0.2) is 19.9 Å². The summed E-state index contributed by atoms with van der Waals surface area (Å²) in [5, 5.41) is 4.81. The molecule has 0 unspecified atom stereocenters. The number of hydrogen-bond donors (Lipinski definition) is 2. The lowest BCUT2D eigenvalue weighted by Crippen LogP contribution is -2.13. The van der Waals surface area contributed by atoms with Gasteiger partial charge in [0.2, 0.25) is 0 Å². The van der Waals surface area contributed by atoms with Gasteiger partial charge in [0.1, 0.15) is 0 Å². The second-order valence-electron chi connectivity index (χ2n) is 3.99. The molecule has 20 heavy (non-hydrogen) atoms. The first-order chi connectivity index (χ1) is 9.53. The summed E-state index contributed by atoms with van der Waals surface area (Å²) in [6, 6.07) is 3.29. The van der Waals surface area contributed by atoms with Crippen LogP contribution in [0.1, 0.15) is 11.8 Å². The average Bonchev–Trinajstić information content (AvgIpc) is 2.88. The maximum atomic E-state index is 12.3. The number of rotatable bonds is 6. The smallest absolute Gasteiger partial charge is 0.262 e. The maximum Gasteiger partial charge on any atom is 0.262 e. The molecule has 0 amide bonds. The van der Waals surface area contributed by atoms with Crippen LogP contribution in [0.15, 0.2) is 39.3 Å². The molecule has 0 saturated carbocycles. The van der Waals surface area contributed by atoms with Crippen LogP contribution in [0.2, 0.25) is 0 Å². The van der Waals surface area contributed by atoms with Gasteiger partial charge < -0.3 is 5.32 Å². The molecule has 0 radical (unpaired) electrons. The molecule has 0 fully saturated rings. The van der Waals surface area contributed by atoms with Crippen LogP contribution in [-0.2, 0) is 16.6 Å². The SMILES string of the molecule is CCNCc1cc(S(=O)(=O)Nc2ccncc2Br)cs1. The maximum absolute atomic E-state index is 12.3. The molecule has 0 bridgehead atoms. The molecule has 0 aliphatic heterocycles. The Morgan fingerprint density at radius 3 is 2.95 bits per heavy atom. The Balaban J connectivity index is 2.18. The fourth-order valence-corrected chi connectivity index (χ4v) is 4.31. The zero-order valence-corrected chi connectivity index (χ0v) is 14.0. The summed E-state index contributed by atoms with van der Waals surface area (Å²) in [6.07, 6.45) is 3.08. The molecule has 0 spiro atoms. The van der Waals surface area contributed by atoms with E-state index in [1.54, 1.807) is 23.7 Å². The number of thiophene rings is 1. The van der Waals surface area contributed by atoms with Crippen LogP contribution >= 0.6 is 27.3 Å². The molecule has 2 rings (SSSR count). The van der Waals surface area contributed by atoms with Crippen molar-refractivity contribution >= 4 is 43.0 Å². The van der Waals surface area contributed by atoms with E-state index >= 15 is 0 Å². The first-order valence-electron chi connectivity index (χ1n) is 5.93. The van der Waals surface area contributed by atoms with Crippen molar-refractivity contribution < 1.29 is 8.42 Å². The summed E-state index contributed by atoms with van der Waals surface area (Å²) in [4.78, 5) is 5.16. The largest absolute Gasteiger partial charge is 0.312 e. The molecule has 0 atom stereocenters. The van der Waals surface area contributed by atoms with Gasteiger partial charge in [0.25, 0.3) is 10.0 Å². The van der Waals surface area contributed by atoms with E-state index in [1.807, 2.05) is 6.92 Å². The third kappa shape index (κ3) is 3.78. The molecular formula is C12H14BrN3O2S2. The summed E-state index contributed by atoms with van der Waals surface area (Å²) in [5.74, 6) is 0. The Labute approximate surface area is 130 Å². The number of anilines is 1. The second-order valence-corrected chi connectivity index (χ2v) is 7.52. The van der Waals surface area contributed by atoms with Crippen molar-refractivity contribution in [1.82, 2.24) is 10.3 Å². The number of nitrogens with one attached hydrogen (secondary N) is 2. The van der Waals surface area contributed by atoms with E-state index in [9.17, 15) is 8.42 Å². The van der Waals surface area contributed by atoms with Gasteiger partial charge in [0, 0.05) is 29.2 Å². The highest BCUT2D eigenvalue weighted by molar-refractivity contribution is 9.10. The zero-order chi connectivity index (χ0) is 14.6. The predicted octanol–water partition coefficient (Wildman–Crippen LogP) is 2.82. The van der Waals surface area contributed by atoms with Crippen LogP contribution in [0, 0.1) is 0 Å². The number of pyridine rings is 1. The van der Waals surface area contributed by atoms with Gasteiger partial charge in [-0.3, -0.25) is 9.71 Å². The Hall–Kier alpha value is -0.960. The molecule has 2 aromatic heterocycles. The van der Waals surface area contributed by atoms with Gasteiger partial charge in [-0.25, -0.2) is 8.42 Å². The van der Waals surface area contributed by atoms with Crippen molar-refractivity contribution in [3.8, 4) is 0 Å². The van der Waals surface area contributed by atoms with Crippen molar-refractivity contribution in [1.29, 1.82) is 0 Å². The molecule has 0 aromatic carbocycles. The summed E-state index contributed by atoms with van der Waals surface area (Å²) in [7, 11) is -3.57. The molecule has 5 nitrogen and oxygen atoms in total.